The monoisotopic (exact) mass is 192 g/mol. The molecular formula is C6H4BClF2O2. The highest BCUT2D eigenvalue weighted by atomic mass is 35.5. The fourth-order valence-corrected chi connectivity index (χ4v) is 0.984. The van der Waals surface area contributed by atoms with Gasteiger partial charge in [0.05, 0.1) is 0 Å². The van der Waals surface area contributed by atoms with Crippen molar-refractivity contribution in [1.82, 2.24) is 0 Å². The fraction of sp³-hybridized carbons (Fsp3) is 0. The molecule has 0 bridgehead atoms. The van der Waals surface area contributed by atoms with E-state index in [1.54, 1.807) is 0 Å². The molecule has 0 spiro atoms. The topological polar surface area (TPSA) is 40.5 Å². The Morgan fingerprint density at radius 1 is 1.17 bits per heavy atom. The van der Waals surface area contributed by atoms with Crippen LogP contribution in [0.4, 0.5) is 8.78 Å². The third kappa shape index (κ3) is 1.74. The van der Waals surface area contributed by atoms with Crippen LogP contribution in [0, 0.1) is 11.6 Å². The van der Waals surface area contributed by atoms with Gasteiger partial charge < -0.3 is 10.0 Å². The molecule has 1 rings (SSSR count). The lowest BCUT2D eigenvalue weighted by atomic mass is 9.80. The quantitative estimate of drug-likeness (QED) is 0.496. The second kappa shape index (κ2) is 3.39. The summed E-state index contributed by atoms with van der Waals surface area (Å²) in [6, 6.07) is 1.33. The molecule has 2 nitrogen and oxygen atoms in total. The van der Waals surface area contributed by atoms with Crippen molar-refractivity contribution in [3.8, 4) is 0 Å². The molecule has 0 fully saturated rings. The number of benzene rings is 1. The van der Waals surface area contributed by atoms with Gasteiger partial charge in [-0.2, -0.15) is 0 Å². The number of halogens is 3. The Morgan fingerprint density at radius 3 is 2.17 bits per heavy atom. The van der Waals surface area contributed by atoms with Crippen LogP contribution in [-0.2, 0) is 0 Å². The molecule has 0 aromatic heterocycles. The molecule has 0 unspecified atom stereocenters. The van der Waals surface area contributed by atoms with Gasteiger partial charge in [-0.15, -0.1) is 0 Å². The zero-order valence-corrected chi connectivity index (χ0v) is 6.52. The van der Waals surface area contributed by atoms with Crippen LogP contribution in [0.1, 0.15) is 0 Å². The average molecular weight is 192 g/mol. The fourth-order valence-electron chi connectivity index (χ4n) is 0.736. The predicted octanol–water partition coefficient (Wildman–Crippen LogP) is 0.298. The van der Waals surface area contributed by atoms with Crippen LogP contribution in [0.15, 0.2) is 12.1 Å². The molecule has 0 amide bonds. The Labute approximate surface area is 72.5 Å². The molecule has 0 aliphatic rings. The minimum absolute atomic E-state index is 0.219. The molecule has 0 radical (unpaired) electrons. The summed E-state index contributed by atoms with van der Waals surface area (Å²) in [6.07, 6.45) is 0. The average Bonchev–Trinajstić information content (AvgIpc) is 1.96. The lowest BCUT2D eigenvalue weighted by Crippen LogP contribution is -2.31. The first-order valence-electron chi connectivity index (χ1n) is 3.03. The standard InChI is InChI=1S/C6H4BClF2O2/c8-4-2-6(10)5(9)1-3(4)7(11)12/h1-2,11-12H. The van der Waals surface area contributed by atoms with Gasteiger partial charge in [-0.25, -0.2) is 8.78 Å². The molecule has 6 heteroatoms. The van der Waals surface area contributed by atoms with E-state index in [0.717, 1.165) is 0 Å². The van der Waals surface area contributed by atoms with E-state index in [4.69, 9.17) is 21.6 Å². The van der Waals surface area contributed by atoms with Crippen molar-refractivity contribution < 1.29 is 18.8 Å². The van der Waals surface area contributed by atoms with E-state index in [2.05, 4.69) is 0 Å². The Kier molecular flexibility index (Phi) is 2.67. The normalized spacial score (nSPS) is 10.1. The third-order valence-electron chi connectivity index (χ3n) is 1.32. The van der Waals surface area contributed by atoms with E-state index in [1.165, 1.54) is 0 Å². The highest BCUT2D eigenvalue weighted by molar-refractivity contribution is 6.62. The lowest BCUT2D eigenvalue weighted by Gasteiger charge is -2.02. The molecule has 1 aromatic rings. The van der Waals surface area contributed by atoms with E-state index < -0.39 is 18.8 Å². The second-order valence-corrected chi connectivity index (χ2v) is 2.57. The summed E-state index contributed by atoms with van der Waals surface area (Å²) < 4.78 is 24.9. The first-order chi connectivity index (χ1) is 5.52. The van der Waals surface area contributed by atoms with Crippen LogP contribution in [0.25, 0.3) is 0 Å². The highest BCUT2D eigenvalue weighted by Gasteiger charge is 2.18. The Bertz CT molecular complexity index is 306. The number of rotatable bonds is 1. The van der Waals surface area contributed by atoms with Crippen molar-refractivity contribution in [2.75, 3.05) is 0 Å². The van der Waals surface area contributed by atoms with Crippen molar-refractivity contribution >= 4 is 24.2 Å². The van der Waals surface area contributed by atoms with Gasteiger partial charge in [-0.3, -0.25) is 0 Å². The maximum Gasteiger partial charge on any atom is 0.490 e. The SMILES string of the molecule is OB(O)c1cc(F)c(F)cc1Cl. The zero-order valence-electron chi connectivity index (χ0n) is 5.76. The smallest absolute Gasteiger partial charge is 0.423 e. The summed E-state index contributed by atoms with van der Waals surface area (Å²) >= 11 is 5.37. The molecule has 0 saturated heterocycles. The highest BCUT2D eigenvalue weighted by Crippen LogP contribution is 2.11. The van der Waals surface area contributed by atoms with E-state index in [1.807, 2.05) is 0 Å². The van der Waals surface area contributed by atoms with Crippen LogP contribution in [0.2, 0.25) is 5.02 Å². The first-order valence-corrected chi connectivity index (χ1v) is 3.40. The van der Waals surface area contributed by atoms with Gasteiger partial charge in [0.2, 0.25) is 0 Å². The summed E-state index contributed by atoms with van der Waals surface area (Å²) in [4.78, 5) is 0. The number of hydrogen-bond donors (Lipinski definition) is 2. The summed E-state index contributed by atoms with van der Waals surface area (Å²) in [7, 11) is -1.90. The van der Waals surface area contributed by atoms with E-state index in [0.29, 0.717) is 12.1 Å². The molecular weight excluding hydrogens is 188 g/mol. The first kappa shape index (κ1) is 9.44. The van der Waals surface area contributed by atoms with Crippen LogP contribution in [0.5, 0.6) is 0 Å². The second-order valence-electron chi connectivity index (χ2n) is 2.16. The summed E-state index contributed by atoms with van der Waals surface area (Å²) in [5.41, 5.74) is -0.254. The van der Waals surface area contributed by atoms with Gasteiger partial charge in [-0.05, 0) is 12.1 Å². The largest absolute Gasteiger partial charge is 0.490 e. The number of hydrogen-bond acceptors (Lipinski definition) is 2. The Morgan fingerprint density at radius 2 is 1.67 bits per heavy atom. The van der Waals surface area contributed by atoms with E-state index in [9.17, 15) is 8.78 Å². The van der Waals surface area contributed by atoms with Gasteiger partial charge in [0.15, 0.2) is 11.6 Å². The van der Waals surface area contributed by atoms with Gasteiger partial charge in [-0.1, -0.05) is 11.6 Å². The molecule has 0 atom stereocenters. The van der Waals surface area contributed by atoms with Crippen molar-refractivity contribution in [3.63, 3.8) is 0 Å². The van der Waals surface area contributed by atoms with Crippen LogP contribution < -0.4 is 5.46 Å². The molecule has 0 aliphatic carbocycles. The molecule has 2 N–H and O–H groups in total. The Balaban J connectivity index is 3.23. The van der Waals surface area contributed by atoms with Crippen molar-refractivity contribution in [2.24, 2.45) is 0 Å². The van der Waals surface area contributed by atoms with Gasteiger partial charge in [0.25, 0.3) is 0 Å². The maximum absolute atomic E-state index is 12.5. The van der Waals surface area contributed by atoms with E-state index in [-0.39, 0.29) is 10.5 Å². The van der Waals surface area contributed by atoms with Gasteiger partial charge in [0, 0.05) is 10.5 Å². The zero-order chi connectivity index (χ0) is 9.30. The maximum atomic E-state index is 12.5. The summed E-state index contributed by atoms with van der Waals surface area (Å²) in [5, 5.41) is 17.0. The van der Waals surface area contributed by atoms with Crippen molar-refractivity contribution in [2.45, 2.75) is 0 Å². The lowest BCUT2D eigenvalue weighted by molar-refractivity contribution is 0.425. The van der Waals surface area contributed by atoms with E-state index >= 15 is 0 Å². The molecule has 12 heavy (non-hydrogen) atoms. The molecule has 0 heterocycles. The van der Waals surface area contributed by atoms with Crippen molar-refractivity contribution in [3.05, 3.63) is 28.8 Å². The Hall–Kier alpha value is -0.645. The van der Waals surface area contributed by atoms with Crippen LogP contribution in [0.3, 0.4) is 0 Å². The van der Waals surface area contributed by atoms with Crippen LogP contribution in [-0.4, -0.2) is 17.2 Å². The van der Waals surface area contributed by atoms with Gasteiger partial charge >= 0.3 is 7.12 Å². The molecule has 64 valence electrons. The molecule has 1 aromatic carbocycles. The van der Waals surface area contributed by atoms with Crippen LogP contribution >= 0.6 is 11.6 Å². The molecule has 0 saturated carbocycles. The summed E-state index contributed by atoms with van der Waals surface area (Å²) in [6.45, 7) is 0. The van der Waals surface area contributed by atoms with Crippen molar-refractivity contribution in [1.29, 1.82) is 0 Å². The minimum atomic E-state index is -1.90. The third-order valence-corrected chi connectivity index (χ3v) is 1.65. The minimum Gasteiger partial charge on any atom is -0.423 e. The van der Waals surface area contributed by atoms with Gasteiger partial charge in [0.1, 0.15) is 0 Å². The summed E-state index contributed by atoms with van der Waals surface area (Å²) in [5.74, 6) is -2.29. The molecule has 0 aliphatic heterocycles. The predicted molar refractivity (Wildman–Crippen MR) is 41.2 cm³/mol.